The van der Waals surface area contributed by atoms with Gasteiger partial charge in [0.05, 0.1) is 25.4 Å². The van der Waals surface area contributed by atoms with E-state index in [4.69, 9.17) is 14.2 Å². The summed E-state index contributed by atoms with van der Waals surface area (Å²) in [4.78, 5) is 63.4. The number of nitrogens with one attached hydrogen (secondary N) is 2. The molecule has 2 N–H and O–H groups in total. The van der Waals surface area contributed by atoms with Crippen LogP contribution in [-0.2, 0) is 29.3 Å². The molecule has 1 rings (SSSR count). The second-order valence-electron chi connectivity index (χ2n) is 6.51. The number of hydrogen-bond donors (Lipinski definition) is 2. The highest BCUT2D eigenvalue weighted by Crippen LogP contribution is 2.24. The molecule has 0 fully saturated rings. The molecule has 0 radical (unpaired) electrons. The Bertz CT molecular complexity index is 887. The zero-order chi connectivity index (χ0) is 22.2. The summed E-state index contributed by atoms with van der Waals surface area (Å²) in [6, 6.07) is 0. The maximum atomic E-state index is 12.4. The quantitative estimate of drug-likeness (QED) is 0.368. The Labute approximate surface area is 166 Å². The van der Waals surface area contributed by atoms with Crippen molar-refractivity contribution in [3.63, 3.8) is 0 Å². The van der Waals surface area contributed by atoms with Gasteiger partial charge in [-0.15, -0.1) is 0 Å². The van der Waals surface area contributed by atoms with Crippen LogP contribution >= 0.6 is 0 Å². The largest absolute Gasteiger partial charge is 0.462 e. The van der Waals surface area contributed by atoms with Crippen molar-refractivity contribution in [1.29, 1.82) is 0 Å². The Hall–Kier alpha value is -3.21. The second-order valence-corrected chi connectivity index (χ2v) is 6.51. The van der Waals surface area contributed by atoms with Crippen LogP contribution in [0.1, 0.15) is 26.7 Å². The number of methoxy groups -OCH3 is 1. The molecule has 0 aliphatic carbocycles. The number of carbonyl (C=O) groups is 2. The first-order valence-corrected chi connectivity index (χ1v) is 8.64. The van der Waals surface area contributed by atoms with Crippen molar-refractivity contribution >= 4 is 11.9 Å². The number of nitrogens with zero attached hydrogens (tertiary/aromatic N) is 1. The van der Waals surface area contributed by atoms with E-state index in [1.54, 1.807) is 0 Å². The summed E-state index contributed by atoms with van der Waals surface area (Å²) in [5.41, 5.74) is -3.95. The van der Waals surface area contributed by atoms with E-state index in [0.29, 0.717) is 0 Å². The number of hydrogen-bond acceptors (Lipinski definition) is 8. The average molecular weight is 411 g/mol. The van der Waals surface area contributed by atoms with Gasteiger partial charge in [0.25, 0.3) is 0 Å². The van der Waals surface area contributed by atoms with Gasteiger partial charge in [-0.25, -0.2) is 28.5 Å². The number of H-pyrrole nitrogens is 2. The molecular weight excluding hydrogens is 386 g/mol. The molecular formula is C18H25N3O8. The third kappa shape index (κ3) is 6.42. The maximum Gasteiger partial charge on any atom is 0.334 e. The van der Waals surface area contributed by atoms with Crippen LogP contribution in [0.15, 0.2) is 38.7 Å². The van der Waals surface area contributed by atoms with Crippen LogP contribution in [0.4, 0.5) is 0 Å². The van der Waals surface area contributed by atoms with E-state index in [-0.39, 0.29) is 43.8 Å². The Kier molecular flexibility index (Phi) is 8.52. The van der Waals surface area contributed by atoms with Gasteiger partial charge in [0.1, 0.15) is 0 Å². The van der Waals surface area contributed by atoms with Crippen molar-refractivity contribution in [3.8, 4) is 0 Å². The van der Waals surface area contributed by atoms with Gasteiger partial charge < -0.3 is 14.2 Å². The molecule has 0 aliphatic rings. The molecule has 0 unspecified atom stereocenters. The number of carbonyl (C=O) groups excluding carboxylic acids is 2. The lowest BCUT2D eigenvalue weighted by atomic mass is 9.92. The van der Waals surface area contributed by atoms with Gasteiger partial charge in [0.15, 0.2) is 0 Å². The third-order valence-electron chi connectivity index (χ3n) is 4.03. The minimum absolute atomic E-state index is 0.0422. The van der Waals surface area contributed by atoms with Gasteiger partial charge in [0, 0.05) is 31.1 Å². The van der Waals surface area contributed by atoms with Crippen molar-refractivity contribution in [1.82, 2.24) is 14.5 Å². The normalized spacial score (nSPS) is 11.0. The molecule has 0 spiro atoms. The van der Waals surface area contributed by atoms with Gasteiger partial charge >= 0.3 is 29.0 Å². The zero-order valence-corrected chi connectivity index (χ0v) is 16.7. The zero-order valence-electron chi connectivity index (χ0n) is 16.7. The van der Waals surface area contributed by atoms with E-state index in [9.17, 15) is 24.0 Å². The Morgan fingerprint density at radius 3 is 1.69 bits per heavy atom. The standard InChI is InChI=1S/C18H25N3O8/c1-11(2)13(22)28-8-6-18(10-27-5,7-9-29-14(23)12(3)4)21-16(25)19-15(24)20-17(21)26/h1,3,6-10H2,2,4-5H3,(H2,19,20,24,25,26). The molecule has 0 saturated heterocycles. The van der Waals surface area contributed by atoms with Crippen LogP contribution in [0.3, 0.4) is 0 Å². The van der Waals surface area contributed by atoms with Crippen LogP contribution in [-0.4, -0.2) is 53.4 Å². The summed E-state index contributed by atoms with van der Waals surface area (Å²) < 4.78 is 16.1. The number of esters is 2. The first kappa shape index (κ1) is 23.8. The molecule has 1 aromatic heterocycles. The van der Waals surface area contributed by atoms with Crippen molar-refractivity contribution < 1.29 is 23.8 Å². The molecule has 0 aliphatic heterocycles. The number of aromatic amines is 2. The molecule has 29 heavy (non-hydrogen) atoms. The molecule has 0 bridgehead atoms. The summed E-state index contributed by atoms with van der Waals surface area (Å²) in [5, 5.41) is 0. The van der Waals surface area contributed by atoms with Gasteiger partial charge in [-0.05, 0) is 13.8 Å². The second kappa shape index (κ2) is 10.4. The van der Waals surface area contributed by atoms with E-state index >= 15 is 0 Å². The van der Waals surface area contributed by atoms with Crippen LogP contribution in [0.2, 0.25) is 0 Å². The fraction of sp³-hybridized carbons (Fsp3) is 0.500. The summed E-state index contributed by atoms with van der Waals surface area (Å²) in [7, 11) is 1.35. The monoisotopic (exact) mass is 411 g/mol. The molecule has 0 saturated carbocycles. The lowest BCUT2D eigenvalue weighted by Gasteiger charge is -2.33. The molecule has 1 heterocycles. The highest BCUT2D eigenvalue weighted by molar-refractivity contribution is 5.87. The summed E-state index contributed by atoms with van der Waals surface area (Å²) in [6.07, 6.45) is -0.0843. The first-order valence-electron chi connectivity index (χ1n) is 8.64. The van der Waals surface area contributed by atoms with E-state index in [1.807, 2.05) is 9.97 Å². The van der Waals surface area contributed by atoms with Gasteiger partial charge in [0.2, 0.25) is 0 Å². The predicted octanol–water partition coefficient (Wildman–Crippen LogP) is -0.415. The molecule has 11 nitrogen and oxygen atoms in total. The highest BCUT2D eigenvalue weighted by Gasteiger charge is 2.36. The lowest BCUT2D eigenvalue weighted by Crippen LogP contribution is -2.56. The van der Waals surface area contributed by atoms with E-state index in [1.165, 1.54) is 21.0 Å². The maximum absolute atomic E-state index is 12.4. The Balaban J connectivity index is 3.30. The van der Waals surface area contributed by atoms with Gasteiger partial charge in [-0.3, -0.25) is 9.97 Å². The smallest absolute Gasteiger partial charge is 0.334 e. The van der Waals surface area contributed by atoms with E-state index in [0.717, 1.165) is 4.57 Å². The fourth-order valence-corrected chi connectivity index (χ4v) is 2.60. The van der Waals surface area contributed by atoms with E-state index < -0.39 is 34.5 Å². The summed E-state index contributed by atoms with van der Waals surface area (Å²) >= 11 is 0. The Morgan fingerprint density at radius 2 is 1.34 bits per heavy atom. The van der Waals surface area contributed by atoms with E-state index in [2.05, 4.69) is 13.2 Å². The molecule has 0 amide bonds. The Morgan fingerprint density at radius 1 is 0.931 bits per heavy atom. The topological polar surface area (TPSA) is 150 Å². The number of ether oxygens (including phenoxy) is 3. The van der Waals surface area contributed by atoms with Crippen molar-refractivity contribution in [2.75, 3.05) is 26.9 Å². The first-order chi connectivity index (χ1) is 13.5. The van der Waals surface area contributed by atoms with Crippen molar-refractivity contribution in [2.45, 2.75) is 32.2 Å². The molecule has 160 valence electrons. The van der Waals surface area contributed by atoms with Crippen LogP contribution in [0.5, 0.6) is 0 Å². The predicted molar refractivity (Wildman–Crippen MR) is 103 cm³/mol. The minimum atomic E-state index is -1.38. The highest BCUT2D eigenvalue weighted by atomic mass is 16.5. The van der Waals surface area contributed by atoms with Crippen molar-refractivity contribution in [3.05, 3.63) is 55.8 Å². The molecule has 0 atom stereocenters. The lowest BCUT2D eigenvalue weighted by molar-refractivity contribution is -0.140. The molecule has 0 aromatic carbocycles. The number of rotatable bonds is 11. The summed E-state index contributed by atoms with van der Waals surface area (Å²) in [5.74, 6) is -1.29. The summed E-state index contributed by atoms with van der Waals surface area (Å²) in [6.45, 7) is 9.35. The third-order valence-corrected chi connectivity index (χ3v) is 4.03. The SMILES string of the molecule is C=C(C)C(=O)OCCC(CCOC(=O)C(=C)C)(COC)n1c(=O)[nH]c(=O)[nH]c1=O. The van der Waals surface area contributed by atoms with Crippen LogP contribution < -0.4 is 17.1 Å². The number of aromatic nitrogens is 3. The van der Waals surface area contributed by atoms with Crippen LogP contribution in [0.25, 0.3) is 0 Å². The fourth-order valence-electron chi connectivity index (χ4n) is 2.60. The average Bonchev–Trinajstić information content (AvgIpc) is 2.60. The van der Waals surface area contributed by atoms with Gasteiger partial charge in [-0.2, -0.15) is 0 Å². The minimum Gasteiger partial charge on any atom is -0.462 e. The molecule has 1 aromatic rings. The van der Waals surface area contributed by atoms with Gasteiger partial charge in [-0.1, -0.05) is 13.2 Å². The molecule has 11 heteroatoms. The van der Waals surface area contributed by atoms with Crippen molar-refractivity contribution in [2.24, 2.45) is 0 Å². The van der Waals surface area contributed by atoms with Crippen LogP contribution in [0, 0.1) is 0 Å².